The molecule has 2 aromatic carbocycles. The van der Waals surface area contributed by atoms with Gasteiger partial charge in [-0.3, -0.25) is 0 Å². The Hall–Kier alpha value is -1.97. The average Bonchev–Trinajstić information content (AvgIpc) is 2.96. The van der Waals surface area contributed by atoms with Crippen molar-refractivity contribution in [2.45, 2.75) is 37.4 Å². The second-order valence-electron chi connectivity index (χ2n) is 5.77. The highest BCUT2D eigenvalue weighted by molar-refractivity contribution is 5.47. The van der Waals surface area contributed by atoms with Crippen LogP contribution in [0.1, 0.15) is 36.3 Å². The molecule has 2 atom stereocenters. The highest BCUT2D eigenvalue weighted by atomic mass is 19.4. The van der Waals surface area contributed by atoms with Gasteiger partial charge in [-0.15, -0.1) is 0 Å². The Morgan fingerprint density at radius 2 is 1.55 bits per heavy atom. The molecule has 1 nitrogen and oxygen atoms in total. The molecule has 0 amide bonds. The predicted octanol–water partition coefficient (Wildman–Crippen LogP) is 5.45. The van der Waals surface area contributed by atoms with E-state index in [4.69, 9.17) is 0 Å². The molecule has 0 aromatic heterocycles. The van der Waals surface area contributed by atoms with Gasteiger partial charge in [0.05, 0.1) is 5.56 Å². The molecule has 0 heterocycles. The van der Waals surface area contributed by atoms with Gasteiger partial charge in [0.25, 0.3) is 0 Å². The van der Waals surface area contributed by atoms with Crippen molar-refractivity contribution >= 4 is 5.69 Å². The van der Waals surface area contributed by atoms with Crippen LogP contribution in [0.4, 0.5) is 18.9 Å². The predicted molar refractivity (Wildman–Crippen MR) is 81.9 cm³/mol. The van der Waals surface area contributed by atoms with E-state index in [-0.39, 0.29) is 6.04 Å². The lowest BCUT2D eigenvalue weighted by atomic mass is 9.94. The fraction of sp³-hybridized carbons (Fsp3) is 0.333. The molecule has 1 aliphatic carbocycles. The number of alkyl halides is 3. The molecule has 0 radical (unpaired) electrons. The summed E-state index contributed by atoms with van der Waals surface area (Å²) in [5.74, 6) is 0.420. The van der Waals surface area contributed by atoms with E-state index in [0.717, 1.165) is 37.1 Å². The Balaban J connectivity index is 1.72. The number of halogens is 3. The van der Waals surface area contributed by atoms with Crippen molar-refractivity contribution in [2.75, 3.05) is 5.32 Å². The van der Waals surface area contributed by atoms with Crippen LogP contribution in [0.3, 0.4) is 0 Å². The molecule has 0 aliphatic heterocycles. The Bertz CT molecular complexity index is 604. The minimum Gasteiger partial charge on any atom is -0.382 e. The summed E-state index contributed by atoms with van der Waals surface area (Å²) in [6, 6.07) is 15.9. The first kappa shape index (κ1) is 14.9. The van der Waals surface area contributed by atoms with Crippen LogP contribution in [0.25, 0.3) is 0 Å². The number of rotatable bonds is 3. The van der Waals surface area contributed by atoms with E-state index in [9.17, 15) is 13.2 Å². The van der Waals surface area contributed by atoms with Crippen LogP contribution in [0.15, 0.2) is 54.6 Å². The van der Waals surface area contributed by atoms with Gasteiger partial charge in [0.15, 0.2) is 0 Å². The molecule has 0 bridgehead atoms. The number of hydrogen-bond donors (Lipinski definition) is 1. The van der Waals surface area contributed by atoms with Gasteiger partial charge >= 0.3 is 6.18 Å². The Morgan fingerprint density at radius 3 is 2.18 bits per heavy atom. The summed E-state index contributed by atoms with van der Waals surface area (Å²) in [6.45, 7) is 0. The van der Waals surface area contributed by atoms with Gasteiger partial charge in [0.1, 0.15) is 0 Å². The third-order valence-electron chi connectivity index (χ3n) is 4.31. The van der Waals surface area contributed by atoms with Crippen LogP contribution < -0.4 is 5.32 Å². The molecule has 1 N–H and O–H groups in total. The maximum atomic E-state index is 12.6. The van der Waals surface area contributed by atoms with Crippen molar-refractivity contribution in [2.24, 2.45) is 0 Å². The molecule has 0 spiro atoms. The Morgan fingerprint density at radius 1 is 0.864 bits per heavy atom. The summed E-state index contributed by atoms with van der Waals surface area (Å²) in [6.07, 6.45) is -0.987. The molecule has 3 rings (SSSR count). The van der Waals surface area contributed by atoms with Crippen LogP contribution in [0.2, 0.25) is 0 Å². The van der Waals surface area contributed by atoms with Crippen molar-refractivity contribution in [3.05, 3.63) is 65.7 Å². The topological polar surface area (TPSA) is 12.0 Å². The monoisotopic (exact) mass is 305 g/mol. The van der Waals surface area contributed by atoms with Gasteiger partial charge in [-0.1, -0.05) is 36.8 Å². The smallest absolute Gasteiger partial charge is 0.382 e. The van der Waals surface area contributed by atoms with Gasteiger partial charge in [0.2, 0.25) is 0 Å². The van der Waals surface area contributed by atoms with Crippen LogP contribution >= 0.6 is 0 Å². The molecular formula is C18H18F3N. The van der Waals surface area contributed by atoms with E-state index in [1.807, 2.05) is 18.2 Å². The molecule has 2 aromatic rings. The molecule has 116 valence electrons. The minimum absolute atomic E-state index is 0.277. The number of benzene rings is 2. The van der Waals surface area contributed by atoms with E-state index in [1.165, 1.54) is 17.7 Å². The van der Waals surface area contributed by atoms with Gasteiger partial charge < -0.3 is 5.32 Å². The Kier molecular flexibility index (Phi) is 4.10. The summed E-state index contributed by atoms with van der Waals surface area (Å²) in [7, 11) is 0. The fourth-order valence-electron chi connectivity index (χ4n) is 3.20. The van der Waals surface area contributed by atoms with E-state index in [2.05, 4.69) is 17.4 Å². The zero-order valence-corrected chi connectivity index (χ0v) is 12.1. The van der Waals surface area contributed by atoms with Crippen molar-refractivity contribution in [1.82, 2.24) is 0 Å². The van der Waals surface area contributed by atoms with Crippen LogP contribution in [0.5, 0.6) is 0 Å². The summed E-state index contributed by atoms with van der Waals surface area (Å²) < 4.78 is 37.8. The highest BCUT2D eigenvalue weighted by Crippen LogP contribution is 2.37. The Labute approximate surface area is 128 Å². The molecule has 2 unspecified atom stereocenters. The standard InChI is InChI=1S/C18H18F3N/c19-18(20,21)14-9-11-15(12-10-14)22-17-8-4-7-16(17)13-5-2-1-3-6-13/h1-3,5-6,9-12,16-17,22H,4,7-8H2. The number of nitrogens with one attached hydrogen (secondary N) is 1. The van der Waals surface area contributed by atoms with E-state index in [0.29, 0.717) is 5.92 Å². The van der Waals surface area contributed by atoms with Crippen LogP contribution in [-0.2, 0) is 6.18 Å². The zero-order chi connectivity index (χ0) is 15.6. The average molecular weight is 305 g/mol. The van der Waals surface area contributed by atoms with E-state index >= 15 is 0 Å². The fourth-order valence-corrected chi connectivity index (χ4v) is 3.20. The van der Waals surface area contributed by atoms with Crippen LogP contribution in [-0.4, -0.2) is 6.04 Å². The summed E-state index contributed by atoms with van der Waals surface area (Å²) in [4.78, 5) is 0. The third kappa shape index (κ3) is 3.26. The maximum absolute atomic E-state index is 12.6. The summed E-state index contributed by atoms with van der Waals surface area (Å²) in [5.41, 5.74) is 1.44. The second-order valence-corrected chi connectivity index (χ2v) is 5.77. The lowest BCUT2D eigenvalue weighted by Gasteiger charge is -2.22. The number of hydrogen-bond acceptors (Lipinski definition) is 1. The first-order valence-corrected chi connectivity index (χ1v) is 7.53. The molecule has 1 saturated carbocycles. The van der Waals surface area contributed by atoms with Gasteiger partial charge in [-0.05, 0) is 42.7 Å². The minimum atomic E-state index is -4.28. The molecule has 1 aliphatic rings. The molecule has 4 heteroatoms. The van der Waals surface area contributed by atoms with Crippen molar-refractivity contribution in [3.8, 4) is 0 Å². The first-order chi connectivity index (χ1) is 10.5. The maximum Gasteiger partial charge on any atom is 0.416 e. The highest BCUT2D eigenvalue weighted by Gasteiger charge is 2.31. The normalized spacial score (nSPS) is 21.8. The van der Waals surface area contributed by atoms with Crippen molar-refractivity contribution < 1.29 is 13.2 Å². The van der Waals surface area contributed by atoms with Crippen molar-refractivity contribution in [1.29, 1.82) is 0 Å². The summed E-state index contributed by atoms with van der Waals surface area (Å²) in [5, 5.41) is 3.40. The van der Waals surface area contributed by atoms with Gasteiger partial charge in [-0.25, -0.2) is 0 Å². The van der Waals surface area contributed by atoms with Crippen molar-refractivity contribution in [3.63, 3.8) is 0 Å². The first-order valence-electron chi connectivity index (χ1n) is 7.53. The van der Waals surface area contributed by atoms with Gasteiger partial charge in [-0.2, -0.15) is 13.2 Å². The van der Waals surface area contributed by atoms with Gasteiger partial charge in [0, 0.05) is 17.6 Å². The third-order valence-corrected chi connectivity index (χ3v) is 4.31. The molecule has 1 fully saturated rings. The van der Waals surface area contributed by atoms with E-state index in [1.54, 1.807) is 0 Å². The van der Waals surface area contributed by atoms with E-state index < -0.39 is 11.7 Å². The largest absolute Gasteiger partial charge is 0.416 e. The summed E-state index contributed by atoms with van der Waals surface area (Å²) >= 11 is 0. The molecule has 0 saturated heterocycles. The SMILES string of the molecule is FC(F)(F)c1ccc(NC2CCCC2c2ccccc2)cc1. The lowest BCUT2D eigenvalue weighted by molar-refractivity contribution is -0.137. The second kappa shape index (κ2) is 6.03. The zero-order valence-electron chi connectivity index (χ0n) is 12.1. The quantitative estimate of drug-likeness (QED) is 0.794. The lowest BCUT2D eigenvalue weighted by Crippen LogP contribution is -2.22. The molecule has 22 heavy (non-hydrogen) atoms. The van der Waals surface area contributed by atoms with Crippen LogP contribution in [0, 0.1) is 0 Å². The number of anilines is 1. The molecular weight excluding hydrogens is 287 g/mol.